The summed E-state index contributed by atoms with van der Waals surface area (Å²) in [6.07, 6.45) is 0. The highest BCUT2D eigenvalue weighted by molar-refractivity contribution is 7.86. The van der Waals surface area contributed by atoms with Gasteiger partial charge in [-0.2, -0.15) is 77.4 Å². The molecule has 76 heavy (non-hydrogen) atoms. The lowest BCUT2D eigenvalue weighted by molar-refractivity contribution is 0.481. The lowest BCUT2D eigenvalue weighted by atomic mass is 10.2. The molecule has 0 atom stereocenters. The molecule has 0 spiro atoms. The molecule has 1 saturated heterocycles. The Balaban J connectivity index is 0.815. The number of azo groups is 4. The first kappa shape index (κ1) is 51.7. The van der Waals surface area contributed by atoms with Crippen LogP contribution in [0.3, 0.4) is 0 Å². The van der Waals surface area contributed by atoms with Crippen LogP contribution in [0, 0.1) is 27.7 Å². The molecule has 0 bridgehead atoms. The molecular formula is C50H46N18O6S2. The molecule has 1 aliphatic heterocycles. The number of nitrogens with one attached hydrogen (secondary N) is 2. The zero-order chi connectivity index (χ0) is 53.4. The molecule has 24 nitrogen and oxygen atoms in total. The van der Waals surface area contributed by atoms with Crippen LogP contribution < -0.4 is 20.4 Å². The number of hydrogen-bond acceptors (Lipinski definition) is 22. The minimum atomic E-state index is -4.68. The van der Waals surface area contributed by atoms with Crippen molar-refractivity contribution in [1.29, 1.82) is 0 Å². The molecule has 1 fully saturated rings. The summed E-state index contributed by atoms with van der Waals surface area (Å²) in [4.78, 5) is 30.9. The lowest BCUT2D eigenvalue weighted by Gasteiger charge is -2.34. The number of hydrogen-bond donors (Lipinski definition) is 4. The first-order valence-corrected chi connectivity index (χ1v) is 26.1. The van der Waals surface area contributed by atoms with Crippen LogP contribution in [0.2, 0.25) is 0 Å². The van der Waals surface area contributed by atoms with Gasteiger partial charge in [0.25, 0.3) is 20.2 Å². The van der Waals surface area contributed by atoms with Gasteiger partial charge in [-0.3, -0.25) is 9.11 Å². The van der Waals surface area contributed by atoms with Gasteiger partial charge in [0.1, 0.15) is 32.8 Å². The van der Waals surface area contributed by atoms with E-state index < -0.39 is 30.0 Å². The average Bonchev–Trinajstić information content (AvgIpc) is 3.40. The van der Waals surface area contributed by atoms with Crippen molar-refractivity contribution < 1.29 is 25.9 Å². The second kappa shape index (κ2) is 22.5. The fourth-order valence-electron chi connectivity index (χ4n) is 7.53. The predicted octanol–water partition coefficient (Wildman–Crippen LogP) is 12.3. The van der Waals surface area contributed by atoms with E-state index in [2.05, 4.69) is 81.3 Å². The highest BCUT2D eigenvalue weighted by atomic mass is 32.2. The summed E-state index contributed by atoms with van der Waals surface area (Å²) in [5.74, 6) is 2.66. The maximum Gasteiger partial charge on any atom is 0.296 e. The molecule has 8 aromatic rings. The summed E-state index contributed by atoms with van der Waals surface area (Å²) in [5.41, 5.74) is 5.04. The highest BCUT2D eigenvalue weighted by Gasteiger charge is 2.24. The summed E-state index contributed by atoms with van der Waals surface area (Å²) in [6.45, 7) is 9.43. The Morgan fingerprint density at radius 1 is 0.408 bits per heavy atom. The minimum absolute atomic E-state index is 0.0772. The number of piperazine rings is 1. The third-order valence-electron chi connectivity index (χ3n) is 11.3. The standard InChI is InChI=1S/C50H46N18O6S2/c1-31-27-37(15-19-41(31)63-65-43-21-17-39(29-45(43)75(69,70)71)61-59-35-11-7-5-8-12-35)55-47-51-33(3)53-49(57-47)67-23-25-68(26-24-67)50-54-34(4)52-48(58-50)56-38-16-20-42(32(2)28-38)64-66-44-22-18-40(30-46(44)76(72,73)74)62-60-36-13-9-6-10-14-36/h5-22,27-30H,23-26H2,1-4H3,(H,69,70,71)(H,72,73,74)(H,51,53,55,57)(H,52,54,56,58). The van der Waals surface area contributed by atoms with Crippen LogP contribution in [-0.2, 0) is 20.2 Å². The largest absolute Gasteiger partial charge is 0.337 e. The van der Waals surface area contributed by atoms with E-state index in [9.17, 15) is 25.9 Å². The summed E-state index contributed by atoms with van der Waals surface area (Å²) >= 11 is 0. The maximum absolute atomic E-state index is 12.3. The van der Waals surface area contributed by atoms with E-state index in [4.69, 9.17) is 9.97 Å². The molecule has 9 rings (SSSR count). The van der Waals surface area contributed by atoms with E-state index in [0.717, 1.165) is 0 Å². The van der Waals surface area contributed by atoms with Crippen LogP contribution >= 0.6 is 0 Å². The minimum Gasteiger partial charge on any atom is -0.337 e. The fraction of sp³-hybridized carbons (Fsp3) is 0.160. The number of rotatable bonds is 16. The van der Waals surface area contributed by atoms with Gasteiger partial charge >= 0.3 is 0 Å². The Kier molecular flexibility index (Phi) is 15.3. The lowest BCUT2D eigenvalue weighted by Crippen LogP contribution is -2.48. The van der Waals surface area contributed by atoms with E-state index in [-0.39, 0.29) is 22.7 Å². The summed E-state index contributed by atoms with van der Waals surface area (Å²) in [5, 5.41) is 39.7. The van der Waals surface area contributed by atoms with Crippen LogP contribution in [0.25, 0.3) is 0 Å². The van der Waals surface area contributed by atoms with Gasteiger partial charge in [-0.05, 0) is 136 Å². The monoisotopic (exact) mass is 1060 g/mol. The number of aromatic nitrogens is 6. The van der Waals surface area contributed by atoms with Crippen LogP contribution in [0.4, 0.5) is 80.7 Å². The second-order valence-corrected chi connectivity index (χ2v) is 19.7. The fourth-order valence-corrected chi connectivity index (χ4v) is 8.82. The van der Waals surface area contributed by atoms with E-state index >= 15 is 0 Å². The Morgan fingerprint density at radius 3 is 1.13 bits per heavy atom. The van der Waals surface area contributed by atoms with Crippen molar-refractivity contribution in [3.05, 3.63) is 156 Å². The molecule has 0 saturated carbocycles. The SMILES string of the molecule is Cc1nc(Nc2ccc(N=Nc3ccc(N=Nc4ccccc4)cc3S(=O)(=O)O)c(C)c2)nc(N2CCN(c3nc(C)nc(Nc4ccc(N=Nc5ccc(N=Nc6ccccc6)cc5S(=O)(=O)O)c(C)c4)n3)CC2)n1. The summed E-state index contributed by atoms with van der Waals surface area (Å²) in [6, 6.07) is 36.6. The number of nitrogens with zero attached hydrogens (tertiary/aromatic N) is 16. The average molecular weight is 1060 g/mol. The first-order chi connectivity index (χ1) is 36.5. The van der Waals surface area contributed by atoms with E-state index in [1.54, 1.807) is 86.6 Å². The van der Waals surface area contributed by atoms with Crippen molar-refractivity contribution >= 4 is 101 Å². The van der Waals surface area contributed by atoms with Gasteiger partial charge in [-0.25, -0.2) is 0 Å². The Hall–Kier alpha value is -9.24. The maximum atomic E-state index is 12.3. The molecule has 1 aliphatic rings. The van der Waals surface area contributed by atoms with Crippen LogP contribution in [0.1, 0.15) is 22.8 Å². The third kappa shape index (κ3) is 13.3. The summed E-state index contributed by atoms with van der Waals surface area (Å²) < 4.78 is 69.2. The van der Waals surface area contributed by atoms with Crippen molar-refractivity contribution in [3.63, 3.8) is 0 Å². The van der Waals surface area contributed by atoms with Gasteiger partial charge in [-0.15, -0.1) is 10.2 Å². The molecule has 2 aromatic heterocycles. The van der Waals surface area contributed by atoms with Crippen molar-refractivity contribution in [2.45, 2.75) is 37.5 Å². The second-order valence-electron chi connectivity index (χ2n) is 17.0. The third-order valence-corrected chi connectivity index (χ3v) is 13.0. The molecule has 0 aliphatic carbocycles. The number of aryl methyl sites for hydroxylation is 4. The molecular weight excluding hydrogens is 1010 g/mol. The Labute approximate surface area is 436 Å². The Bertz CT molecular complexity index is 3560. The summed E-state index contributed by atoms with van der Waals surface area (Å²) in [7, 11) is -9.36. The molecule has 0 amide bonds. The zero-order valence-corrected chi connectivity index (χ0v) is 42.7. The van der Waals surface area contributed by atoms with E-state index in [1.165, 1.54) is 36.4 Å². The number of benzene rings is 6. The van der Waals surface area contributed by atoms with Gasteiger partial charge in [0, 0.05) is 37.6 Å². The van der Waals surface area contributed by atoms with Crippen molar-refractivity contribution in [2.24, 2.45) is 40.9 Å². The van der Waals surface area contributed by atoms with Crippen LogP contribution in [0.5, 0.6) is 0 Å². The quantitative estimate of drug-likeness (QED) is 0.0516. The van der Waals surface area contributed by atoms with Crippen LogP contribution in [-0.4, -0.2) is 82.0 Å². The van der Waals surface area contributed by atoms with Gasteiger partial charge < -0.3 is 20.4 Å². The van der Waals surface area contributed by atoms with Crippen molar-refractivity contribution in [1.82, 2.24) is 29.9 Å². The molecule has 6 aromatic carbocycles. The first-order valence-electron chi connectivity index (χ1n) is 23.2. The zero-order valence-electron chi connectivity index (χ0n) is 41.0. The highest BCUT2D eigenvalue weighted by Crippen LogP contribution is 2.35. The molecule has 384 valence electrons. The Morgan fingerprint density at radius 2 is 0.763 bits per heavy atom. The molecule has 0 unspecified atom stereocenters. The smallest absolute Gasteiger partial charge is 0.296 e. The van der Waals surface area contributed by atoms with Crippen molar-refractivity contribution in [2.75, 3.05) is 46.6 Å². The topological polar surface area (TPSA) is 316 Å². The normalized spacial score (nSPS) is 13.4. The predicted molar refractivity (Wildman–Crippen MR) is 285 cm³/mol. The van der Waals surface area contributed by atoms with Gasteiger partial charge in [0.05, 0.1) is 34.1 Å². The van der Waals surface area contributed by atoms with E-state index in [1.807, 2.05) is 38.1 Å². The van der Waals surface area contributed by atoms with E-state index in [0.29, 0.717) is 107 Å². The van der Waals surface area contributed by atoms with Gasteiger partial charge in [0.2, 0.25) is 23.8 Å². The van der Waals surface area contributed by atoms with Gasteiger partial charge in [0.15, 0.2) is 0 Å². The molecule has 26 heteroatoms. The number of anilines is 6. The van der Waals surface area contributed by atoms with Crippen molar-refractivity contribution in [3.8, 4) is 0 Å². The molecule has 0 radical (unpaired) electrons. The van der Waals surface area contributed by atoms with Gasteiger partial charge in [-0.1, -0.05) is 36.4 Å². The molecule has 4 N–H and O–H groups in total. The molecule has 3 heterocycles. The van der Waals surface area contributed by atoms with Crippen LogP contribution in [0.15, 0.2) is 184 Å².